The van der Waals surface area contributed by atoms with Crippen molar-refractivity contribution in [3.05, 3.63) is 23.3 Å². The standard InChI is InChI=1S/C15H23N3O4/c1-22-8-2-6-16-15(20)18-7-5-11-9-12(14(19)17-21)3-4-13(11)10-18/h4,9,12,21H,2-3,5-8,10H2,1H3,(H,16,20)(H,17,19). The first-order chi connectivity index (χ1) is 10.7. The molecule has 1 atom stereocenters. The molecule has 122 valence electrons. The van der Waals surface area contributed by atoms with Gasteiger partial charge >= 0.3 is 6.03 Å². The van der Waals surface area contributed by atoms with Gasteiger partial charge in [0.25, 0.3) is 5.91 Å². The summed E-state index contributed by atoms with van der Waals surface area (Å²) in [5.41, 5.74) is 3.89. The molecule has 2 aliphatic rings. The lowest BCUT2D eigenvalue weighted by atomic mass is 9.86. The number of nitrogens with zero attached hydrogens (tertiary/aromatic N) is 1. The lowest BCUT2D eigenvalue weighted by Crippen LogP contribution is -2.45. The third-order valence-corrected chi connectivity index (χ3v) is 3.98. The first kappa shape index (κ1) is 16.5. The minimum Gasteiger partial charge on any atom is -0.385 e. The monoisotopic (exact) mass is 309 g/mol. The van der Waals surface area contributed by atoms with E-state index in [1.165, 1.54) is 0 Å². The Morgan fingerprint density at radius 3 is 3.00 bits per heavy atom. The summed E-state index contributed by atoms with van der Waals surface area (Å²) in [6.45, 7) is 2.43. The number of carbonyl (C=O) groups excluding carboxylic acids is 2. The van der Waals surface area contributed by atoms with Gasteiger partial charge in [0.1, 0.15) is 0 Å². The average molecular weight is 309 g/mol. The predicted octanol–water partition coefficient (Wildman–Crippen LogP) is 0.816. The number of hydrogen-bond donors (Lipinski definition) is 3. The zero-order valence-corrected chi connectivity index (χ0v) is 12.8. The van der Waals surface area contributed by atoms with Gasteiger partial charge in [-0.15, -0.1) is 0 Å². The first-order valence-electron chi connectivity index (χ1n) is 7.51. The fourth-order valence-electron chi connectivity index (χ4n) is 2.73. The van der Waals surface area contributed by atoms with Crippen molar-refractivity contribution in [1.82, 2.24) is 15.7 Å². The van der Waals surface area contributed by atoms with Crippen molar-refractivity contribution in [2.45, 2.75) is 19.3 Å². The van der Waals surface area contributed by atoms with Crippen molar-refractivity contribution < 1.29 is 19.5 Å². The number of hydrogen-bond acceptors (Lipinski definition) is 4. The fourth-order valence-corrected chi connectivity index (χ4v) is 2.73. The maximum absolute atomic E-state index is 12.1. The third kappa shape index (κ3) is 4.08. The molecule has 0 aromatic rings. The van der Waals surface area contributed by atoms with Crippen LogP contribution in [0.25, 0.3) is 0 Å². The number of piperidine rings is 1. The SMILES string of the molecule is COCCCNC(=O)N1CCC2=CC(C(=O)NO)CC=C2C1. The van der Waals surface area contributed by atoms with Gasteiger partial charge in [-0.25, -0.2) is 10.3 Å². The maximum Gasteiger partial charge on any atom is 0.317 e. The number of nitrogens with one attached hydrogen (secondary N) is 2. The highest BCUT2D eigenvalue weighted by Gasteiger charge is 2.27. The molecule has 3 N–H and O–H groups in total. The van der Waals surface area contributed by atoms with Gasteiger partial charge in [0.15, 0.2) is 0 Å². The summed E-state index contributed by atoms with van der Waals surface area (Å²) in [6, 6.07) is -0.0636. The molecule has 22 heavy (non-hydrogen) atoms. The van der Waals surface area contributed by atoms with Gasteiger partial charge in [0.05, 0.1) is 5.92 Å². The number of ether oxygens (including phenoxy) is 1. The number of fused-ring (bicyclic) bond motifs is 1. The predicted molar refractivity (Wildman–Crippen MR) is 80.3 cm³/mol. The summed E-state index contributed by atoms with van der Waals surface area (Å²) in [4.78, 5) is 25.3. The zero-order chi connectivity index (χ0) is 15.9. The molecule has 0 spiro atoms. The molecule has 0 aromatic carbocycles. The molecular formula is C15H23N3O4. The van der Waals surface area contributed by atoms with E-state index >= 15 is 0 Å². The van der Waals surface area contributed by atoms with E-state index in [9.17, 15) is 9.59 Å². The molecule has 0 bridgehead atoms. The van der Waals surface area contributed by atoms with Crippen LogP contribution in [0.3, 0.4) is 0 Å². The van der Waals surface area contributed by atoms with Crippen LogP contribution in [0.5, 0.6) is 0 Å². The number of urea groups is 1. The average Bonchev–Trinajstić information content (AvgIpc) is 2.56. The molecule has 3 amide bonds. The second kappa shape index (κ2) is 7.95. The summed E-state index contributed by atoms with van der Waals surface area (Å²) < 4.78 is 4.95. The highest BCUT2D eigenvalue weighted by Crippen LogP contribution is 2.29. The molecule has 7 heteroatoms. The van der Waals surface area contributed by atoms with Gasteiger partial charge in [-0.1, -0.05) is 12.2 Å². The van der Waals surface area contributed by atoms with Crippen LogP contribution in [0.2, 0.25) is 0 Å². The normalized spacial score (nSPS) is 20.6. The Morgan fingerprint density at radius 1 is 1.45 bits per heavy atom. The van der Waals surface area contributed by atoms with Crippen molar-refractivity contribution in [2.75, 3.05) is 33.4 Å². The van der Waals surface area contributed by atoms with Crippen LogP contribution in [0.1, 0.15) is 19.3 Å². The fraction of sp³-hybridized carbons (Fsp3) is 0.600. The minimum absolute atomic E-state index is 0.0636. The molecule has 1 saturated heterocycles. The number of methoxy groups -OCH3 is 1. The Labute approximate surface area is 130 Å². The van der Waals surface area contributed by atoms with E-state index in [2.05, 4.69) is 5.32 Å². The van der Waals surface area contributed by atoms with Crippen LogP contribution < -0.4 is 10.8 Å². The minimum atomic E-state index is -0.388. The molecule has 1 aliphatic heterocycles. The van der Waals surface area contributed by atoms with E-state index in [-0.39, 0.29) is 17.9 Å². The summed E-state index contributed by atoms with van der Waals surface area (Å²) in [5.74, 6) is -0.709. The lowest BCUT2D eigenvalue weighted by Gasteiger charge is -2.33. The molecule has 7 nitrogen and oxygen atoms in total. The van der Waals surface area contributed by atoms with Crippen molar-refractivity contribution in [1.29, 1.82) is 0 Å². The zero-order valence-electron chi connectivity index (χ0n) is 12.8. The Balaban J connectivity index is 1.85. The molecule has 1 heterocycles. The Morgan fingerprint density at radius 2 is 2.27 bits per heavy atom. The number of carbonyl (C=O) groups is 2. The van der Waals surface area contributed by atoms with Crippen molar-refractivity contribution in [2.24, 2.45) is 5.92 Å². The quantitative estimate of drug-likeness (QED) is 0.398. The number of hydroxylamine groups is 1. The molecule has 0 radical (unpaired) electrons. The molecule has 0 aromatic heterocycles. The lowest BCUT2D eigenvalue weighted by molar-refractivity contribution is -0.131. The second-order valence-corrected chi connectivity index (χ2v) is 5.49. The van der Waals surface area contributed by atoms with Gasteiger partial charge < -0.3 is 15.0 Å². The highest BCUT2D eigenvalue weighted by atomic mass is 16.5. The third-order valence-electron chi connectivity index (χ3n) is 3.98. The van der Waals surface area contributed by atoms with E-state index in [1.807, 2.05) is 12.2 Å². The van der Waals surface area contributed by atoms with Gasteiger partial charge in [-0.05, 0) is 30.4 Å². The van der Waals surface area contributed by atoms with Crippen LogP contribution in [-0.2, 0) is 9.53 Å². The van der Waals surface area contributed by atoms with Gasteiger partial charge in [0, 0.05) is 33.4 Å². The van der Waals surface area contributed by atoms with E-state index in [0.717, 1.165) is 24.0 Å². The number of allylic oxidation sites excluding steroid dienone is 1. The van der Waals surface area contributed by atoms with E-state index in [4.69, 9.17) is 9.94 Å². The van der Waals surface area contributed by atoms with E-state index < -0.39 is 0 Å². The molecule has 2 rings (SSSR count). The largest absolute Gasteiger partial charge is 0.385 e. The molecular weight excluding hydrogens is 286 g/mol. The van der Waals surface area contributed by atoms with Crippen molar-refractivity contribution in [3.8, 4) is 0 Å². The smallest absolute Gasteiger partial charge is 0.317 e. The molecule has 1 unspecified atom stereocenters. The van der Waals surface area contributed by atoms with E-state index in [0.29, 0.717) is 32.7 Å². The van der Waals surface area contributed by atoms with Gasteiger partial charge in [-0.2, -0.15) is 0 Å². The Hall–Kier alpha value is -1.86. The van der Waals surface area contributed by atoms with Crippen molar-refractivity contribution >= 4 is 11.9 Å². The van der Waals surface area contributed by atoms with Crippen LogP contribution in [0.15, 0.2) is 23.3 Å². The summed E-state index contributed by atoms with van der Waals surface area (Å²) in [6.07, 6.45) is 5.96. The highest BCUT2D eigenvalue weighted by molar-refractivity contribution is 5.80. The molecule has 1 fully saturated rings. The van der Waals surface area contributed by atoms with Crippen LogP contribution in [0.4, 0.5) is 4.79 Å². The van der Waals surface area contributed by atoms with Gasteiger partial charge in [0.2, 0.25) is 0 Å². The maximum atomic E-state index is 12.1. The van der Waals surface area contributed by atoms with Crippen LogP contribution in [-0.4, -0.2) is 55.4 Å². The van der Waals surface area contributed by atoms with E-state index in [1.54, 1.807) is 17.5 Å². The number of amides is 3. The summed E-state index contributed by atoms with van der Waals surface area (Å²) >= 11 is 0. The topological polar surface area (TPSA) is 90.9 Å². The Bertz CT molecular complexity index is 487. The van der Waals surface area contributed by atoms with Crippen molar-refractivity contribution in [3.63, 3.8) is 0 Å². The molecule has 0 saturated carbocycles. The summed E-state index contributed by atoms with van der Waals surface area (Å²) in [5, 5.41) is 11.6. The first-order valence-corrected chi connectivity index (χ1v) is 7.51. The summed E-state index contributed by atoms with van der Waals surface area (Å²) in [7, 11) is 1.64. The second-order valence-electron chi connectivity index (χ2n) is 5.49. The van der Waals surface area contributed by atoms with Crippen LogP contribution >= 0.6 is 0 Å². The molecule has 1 aliphatic carbocycles. The van der Waals surface area contributed by atoms with Gasteiger partial charge in [-0.3, -0.25) is 10.0 Å². The Kier molecular flexibility index (Phi) is 5.97. The van der Waals surface area contributed by atoms with Crippen LogP contribution in [0, 0.1) is 5.92 Å². The number of rotatable bonds is 5. The number of likely N-dealkylation sites (tertiary alicyclic amines) is 1.